The summed E-state index contributed by atoms with van der Waals surface area (Å²) in [6.07, 6.45) is -0.733. The van der Waals surface area contributed by atoms with E-state index in [0.717, 1.165) is 12.1 Å². The first-order valence-corrected chi connectivity index (χ1v) is 6.07. The number of rotatable bonds is 5. The molecular formula is C14H15F3N2O2. The molecule has 7 heteroatoms. The van der Waals surface area contributed by atoms with Gasteiger partial charge in [0.25, 0.3) is 5.91 Å². The SMILES string of the molecule is C#CCNC(=O)C(C)Oc1ccc(CN)cc1C(F)(F)F. The Morgan fingerprint density at radius 1 is 1.52 bits per heavy atom. The van der Waals surface area contributed by atoms with Crippen molar-refractivity contribution in [1.82, 2.24) is 5.32 Å². The van der Waals surface area contributed by atoms with E-state index in [4.69, 9.17) is 16.9 Å². The van der Waals surface area contributed by atoms with Crippen LogP contribution in [0.5, 0.6) is 5.75 Å². The van der Waals surface area contributed by atoms with Crippen LogP contribution in [-0.4, -0.2) is 18.6 Å². The van der Waals surface area contributed by atoms with Gasteiger partial charge in [-0.05, 0) is 24.6 Å². The number of terminal acetylenes is 1. The van der Waals surface area contributed by atoms with E-state index in [1.807, 2.05) is 0 Å². The summed E-state index contributed by atoms with van der Waals surface area (Å²) in [4.78, 5) is 11.6. The largest absolute Gasteiger partial charge is 0.480 e. The molecule has 0 bridgehead atoms. The Bertz CT molecular complexity index is 550. The summed E-state index contributed by atoms with van der Waals surface area (Å²) >= 11 is 0. The minimum Gasteiger partial charge on any atom is -0.480 e. The van der Waals surface area contributed by atoms with Crippen LogP contribution in [-0.2, 0) is 17.5 Å². The average molecular weight is 300 g/mol. The van der Waals surface area contributed by atoms with Gasteiger partial charge >= 0.3 is 6.18 Å². The predicted molar refractivity (Wildman–Crippen MR) is 71.3 cm³/mol. The average Bonchev–Trinajstić information content (AvgIpc) is 2.43. The van der Waals surface area contributed by atoms with Crippen LogP contribution in [0.1, 0.15) is 18.1 Å². The van der Waals surface area contributed by atoms with Crippen LogP contribution in [0.25, 0.3) is 0 Å². The number of alkyl halides is 3. The highest BCUT2D eigenvalue weighted by atomic mass is 19.4. The third-order valence-corrected chi connectivity index (χ3v) is 2.62. The van der Waals surface area contributed by atoms with E-state index in [1.165, 1.54) is 13.0 Å². The van der Waals surface area contributed by atoms with E-state index in [0.29, 0.717) is 5.56 Å². The second kappa shape index (κ2) is 6.99. The van der Waals surface area contributed by atoms with Crippen LogP contribution in [0.2, 0.25) is 0 Å². The third kappa shape index (κ3) is 4.68. The molecule has 0 saturated carbocycles. The van der Waals surface area contributed by atoms with Crippen LogP contribution in [0.15, 0.2) is 18.2 Å². The van der Waals surface area contributed by atoms with Gasteiger partial charge < -0.3 is 15.8 Å². The minimum atomic E-state index is -4.60. The van der Waals surface area contributed by atoms with Gasteiger partial charge in [0, 0.05) is 6.54 Å². The second-order valence-electron chi connectivity index (χ2n) is 4.21. The van der Waals surface area contributed by atoms with Crippen molar-refractivity contribution < 1.29 is 22.7 Å². The number of nitrogens with one attached hydrogen (secondary N) is 1. The molecule has 0 aromatic heterocycles. The highest BCUT2D eigenvalue weighted by Gasteiger charge is 2.35. The molecule has 0 aliphatic rings. The summed E-state index contributed by atoms with van der Waals surface area (Å²) in [5.41, 5.74) is 4.67. The van der Waals surface area contributed by atoms with Gasteiger partial charge in [-0.2, -0.15) is 13.2 Å². The Hall–Kier alpha value is -2.20. The number of carbonyl (C=O) groups excluding carboxylic acids is 1. The predicted octanol–water partition coefficient (Wildman–Crippen LogP) is 1.68. The van der Waals surface area contributed by atoms with Crippen molar-refractivity contribution in [2.45, 2.75) is 25.7 Å². The monoisotopic (exact) mass is 300 g/mol. The van der Waals surface area contributed by atoms with Crippen molar-refractivity contribution in [3.63, 3.8) is 0 Å². The smallest absolute Gasteiger partial charge is 0.419 e. The van der Waals surface area contributed by atoms with Gasteiger partial charge in [-0.1, -0.05) is 12.0 Å². The number of carbonyl (C=O) groups is 1. The van der Waals surface area contributed by atoms with Gasteiger partial charge in [0.2, 0.25) is 0 Å². The second-order valence-corrected chi connectivity index (χ2v) is 4.21. The number of ether oxygens (including phenoxy) is 1. The molecular weight excluding hydrogens is 285 g/mol. The number of hydrogen-bond acceptors (Lipinski definition) is 3. The number of halogens is 3. The van der Waals surface area contributed by atoms with Gasteiger partial charge in [0.05, 0.1) is 12.1 Å². The third-order valence-electron chi connectivity index (χ3n) is 2.62. The molecule has 0 aliphatic heterocycles. The van der Waals surface area contributed by atoms with E-state index in [1.54, 1.807) is 0 Å². The highest BCUT2D eigenvalue weighted by Crippen LogP contribution is 2.37. The van der Waals surface area contributed by atoms with Crippen molar-refractivity contribution in [2.24, 2.45) is 5.73 Å². The van der Waals surface area contributed by atoms with Gasteiger partial charge in [0.15, 0.2) is 6.10 Å². The summed E-state index contributed by atoms with van der Waals surface area (Å²) < 4.78 is 44.0. The highest BCUT2D eigenvalue weighted by molar-refractivity contribution is 5.80. The lowest BCUT2D eigenvalue weighted by Crippen LogP contribution is -2.36. The van der Waals surface area contributed by atoms with Crippen LogP contribution in [0.3, 0.4) is 0 Å². The zero-order valence-corrected chi connectivity index (χ0v) is 11.3. The maximum absolute atomic E-state index is 13.0. The normalized spacial score (nSPS) is 12.4. The molecule has 0 aliphatic carbocycles. The van der Waals surface area contributed by atoms with Crippen molar-refractivity contribution in [2.75, 3.05) is 6.54 Å². The lowest BCUT2D eigenvalue weighted by Gasteiger charge is -2.18. The van der Waals surface area contributed by atoms with Crippen LogP contribution < -0.4 is 15.8 Å². The molecule has 0 saturated heterocycles. The van der Waals surface area contributed by atoms with Gasteiger partial charge in [-0.15, -0.1) is 6.42 Å². The van der Waals surface area contributed by atoms with E-state index < -0.39 is 29.5 Å². The Balaban J connectivity index is 2.97. The molecule has 0 fully saturated rings. The molecule has 3 N–H and O–H groups in total. The first kappa shape index (κ1) is 16.9. The molecule has 1 atom stereocenters. The standard InChI is InChI=1S/C14H15F3N2O2/c1-3-6-19-13(20)9(2)21-12-5-4-10(8-18)7-11(12)14(15,16)17/h1,4-5,7,9H,6,8,18H2,2H3,(H,19,20). The minimum absolute atomic E-state index is 0.0230. The number of nitrogens with two attached hydrogens (primary N) is 1. The Labute approximate surface area is 120 Å². The van der Waals surface area contributed by atoms with Crippen LogP contribution >= 0.6 is 0 Å². The van der Waals surface area contributed by atoms with E-state index in [-0.39, 0.29) is 13.1 Å². The lowest BCUT2D eigenvalue weighted by atomic mass is 10.1. The zero-order valence-electron chi connectivity index (χ0n) is 11.3. The molecule has 1 rings (SSSR count). The van der Waals surface area contributed by atoms with Crippen molar-refractivity contribution in [3.8, 4) is 18.1 Å². The zero-order chi connectivity index (χ0) is 16.0. The summed E-state index contributed by atoms with van der Waals surface area (Å²) in [5, 5.41) is 2.33. The summed E-state index contributed by atoms with van der Waals surface area (Å²) in [6.45, 7) is 1.29. The summed E-state index contributed by atoms with van der Waals surface area (Å²) in [6, 6.07) is 3.47. The van der Waals surface area contributed by atoms with E-state index in [2.05, 4.69) is 11.2 Å². The molecule has 4 nitrogen and oxygen atoms in total. The fourth-order valence-electron chi connectivity index (χ4n) is 1.55. The maximum atomic E-state index is 13.0. The molecule has 0 spiro atoms. The fraction of sp³-hybridized carbons (Fsp3) is 0.357. The maximum Gasteiger partial charge on any atom is 0.419 e. The Kier molecular flexibility index (Phi) is 5.61. The van der Waals surface area contributed by atoms with E-state index in [9.17, 15) is 18.0 Å². The van der Waals surface area contributed by atoms with Crippen molar-refractivity contribution >= 4 is 5.91 Å². The molecule has 114 valence electrons. The Morgan fingerprint density at radius 3 is 2.71 bits per heavy atom. The molecule has 1 aromatic carbocycles. The number of hydrogen-bond donors (Lipinski definition) is 2. The molecule has 0 heterocycles. The first-order valence-electron chi connectivity index (χ1n) is 6.07. The van der Waals surface area contributed by atoms with Gasteiger partial charge in [-0.3, -0.25) is 4.79 Å². The molecule has 0 radical (unpaired) electrons. The topological polar surface area (TPSA) is 64.3 Å². The van der Waals surface area contributed by atoms with E-state index >= 15 is 0 Å². The van der Waals surface area contributed by atoms with Gasteiger partial charge in [0.1, 0.15) is 5.75 Å². The molecule has 1 unspecified atom stereocenters. The number of amides is 1. The van der Waals surface area contributed by atoms with Crippen LogP contribution in [0, 0.1) is 12.3 Å². The summed E-state index contributed by atoms with van der Waals surface area (Å²) in [5.74, 6) is 1.17. The fourth-order valence-corrected chi connectivity index (χ4v) is 1.55. The first-order chi connectivity index (χ1) is 9.79. The quantitative estimate of drug-likeness (QED) is 0.813. The summed E-state index contributed by atoms with van der Waals surface area (Å²) in [7, 11) is 0. The van der Waals surface area contributed by atoms with Gasteiger partial charge in [-0.25, -0.2) is 0 Å². The van der Waals surface area contributed by atoms with Crippen molar-refractivity contribution in [1.29, 1.82) is 0 Å². The molecule has 1 aromatic rings. The molecule has 21 heavy (non-hydrogen) atoms. The Morgan fingerprint density at radius 2 is 2.19 bits per heavy atom. The lowest BCUT2D eigenvalue weighted by molar-refractivity contribution is -0.140. The van der Waals surface area contributed by atoms with Crippen LogP contribution in [0.4, 0.5) is 13.2 Å². The molecule has 1 amide bonds. The number of benzene rings is 1. The van der Waals surface area contributed by atoms with Crippen molar-refractivity contribution in [3.05, 3.63) is 29.3 Å².